The molecule has 0 unspecified atom stereocenters. The van der Waals surface area contributed by atoms with Crippen LogP contribution < -0.4 is 10.6 Å². The van der Waals surface area contributed by atoms with Crippen LogP contribution in [0, 0.1) is 0 Å². The van der Waals surface area contributed by atoms with E-state index in [0.717, 1.165) is 30.0 Å². The molecule has 0 saturated heterocycles. The predicted molar refractivity (Wildman–Crippen MR) is 66.7 cm³/mol. The van der Waals surface area contributed by atoms with Crippen LogP contribution in [0.3, 0.4) is 0 Å². The number of nitrogens with two attached hydrogens (primary N) is 1. The smallest absolute Gasteiger partial charge is 0.128 e. The molecule has 4 heteroatoms. The summed E-state index contributed by atoms with van der Waals surface area (Å²) in [4.78, 5) is 6.65. The van der Waals surface area contributed by atoms with Crippen molar-refractivity contribution >= 4 is 5.82 Å². The largest absolute Gasteiger partial charge is 0.383 e. The Labute approximate surface area is 97.4 Å². The fraction of sp³-hybridized carbons (Fsp3) is 0.583. The number of likely N-dealkylation sites (N-methyl/N-ethyl adjacent to an activating group) is 1. The van der Waals surface area contributed by atoms with Gasteiger partial charge in [0.2, 0.25) is 0 Å². The van der Waals surface area contributed by atoms with Crippen LogP contribution in [0.25, 0.3) is 0 Å². The minimum Gasteiger partial charge on any atom is -0.383 e. The van der Waals surface area contributed by atoms with E-state index in [2.05, 4.69) is 22.9 Å². The first-order chi connectivity index (χ1) is 7.71. The quantitative estimate of drug-likeness (QED) is 0.787. The van der Waals surface area contributed by atoms with E-state index in [1.54, 1.807) is 7.11 Å². The van der Waals surface area contributed by atoms with E-state index < -0.39 is 0 Å². The molecule has 1 aromatic rings. The lowest BCUT2D eigenvalue weighted by Gasteiger charge is -2.19. The molecule has 1 heterocycles. The number of methoxy groups -OCH3 is 1. The van der Waals surface area contributed by atoms with Crippen LogP contribution in [-0.4, -0.2) is 32.3 Å². The molecule has 1 rings (SSSR count). The number of anilines is 1. The molecular weight excluding hydrogens is 202 g/mol. The van der Waals surface area contributed by atoms with E-state index in [4.69, 9.17) is 10.5 Å². The average Bonchev–Trinajstić information content (AvgIpc) is 2.35. The highest BCUT2D eigenvalue weighted by Crippen LogP contribution is 2.14. The third-order valence-electron chi connectivity index (χ3n) is 2.54. The lowest BCUT2D eigenvalue weighted by molar-refractivity contribution is 0.206. The zero-order valence-corrected chi connectivity index (χ0v) is 10.4. The number of hydrogen-bond donors (Lipinski definition) is 1. The number of ether oxygens (including phenoxy) is 1. The highest BCUT2D eigenvalue weighted by Gasteiger charge is 2.05. The van der Waals surface area contributed by atoms with Crippen molar-refractivity contribution in [2.45, 2.75) is 19.9 Å². The first kappa shape index (κ1) is 12.9. The average molecular weight is 223 g/mol. The van der Waals surface area contributed by atoms with Crippen molar-refractivity contribution in [1.82, 2.24) is 4.98 Å². The normalized spacial score (nSPS) is 10.5. The van der Waals surface area contributed by atoms with Gasteiger partial charge >= 0.3 is 0 Å². The number of aromatic nitrogens is 1. The Morgan fingerprint density at radius 2 is 2.19 bits per heavy atom. The number of nitrogens with zero attached hydrogens (tertiary/aromatic N) is 2. The molecule has 0 spiro atoms. The molecular formula is C12H21N3O. The topological polar surface area (TPSA) is 51.4 Å². The summed E-state index contributed by atoms with van der Waals surface area (Å²) >= 11 is 0. The number of rotatable bonds is 6. The fourth-order valence-electron chi connectivity index (χ4n) is 1.47. The van der Waals surface area contributed by atoms with Crippen molar-refractivity contribution in [2.75, 3.05) is 32.2 Å². The first-order valence-electron chi connectivity index (χ1n) is 5.61. The molecule has 0 amide bonds. The summed E-state index contributed by atoms with van der Waals surface area (Å²) in [7, 11) is 3.72. The summed E-state index contributed by atoms with van der Waals surface area (Å²) in [6, 6.07) is 4.10. The van der Waals surface area contributed by atoms with Crippen molar-refractivity contribution in [3.63, 3.8) is 0 Å². The minimum absolute atomic E-state index is 0.556. The minimum atomic E-state index is 0.556. The second kappa shape index (κ2) is 6.45. The molecule has 0 fully saturated rings. The van der Waals surface area contributed by atoms with Gasteiger partial charge in [-0.3, -0.25) is 0 Å². The van der Waals surface area contributed by atoms with E-state index in [1.807, 2.05) is 13.1 Å². The van der Waals surface area contributed by atoms with Gasteiger partial charge in [-0.25, -0.2) is 4.98 Å². The van der Waals surface area contributed by atoms with Crippen LogP contribution in [-0.2, 0) is 17.7 Å². The molecule has 0 aliphatic carbocycles. The Kier molecular flexibility index (Phi) is 5.22. The maximum atomic E-state index is 5.67. The van der Waals surface area contributed by atoms with Gasteiger partial charge in [0.25, 0.3) is 0 Å². The molecule has 0 saturated carbocycles. The molecule has 90 valence electrons. The summed E-state index contributed by atoms with van der Waals surface area (Å²) in [6.45, 7) is 4.19. The Morgan fingerprint density at radius 1 is 1.44 bits per heavy atom. The molecule has 1 aromatic heterocycles. The van der Waals surface area contributed by atoms with Gasteiger partial charge in [-0.15, -0.1) is 0 Å². The van der Waals surface area contributed by atoms with Gasteiger partial charge in [0.1, 0.15) is 5.82 Å². The third kappa shape index (κ3) is 3.47. The molecule has 0 radical (unpaired) electrons. The van der Waals surface area contributed by atoms with E-state index in [-0.39, 0.29) is 0 Å². The number of aryl methyl sites for hydroxylation is 1. The van der Waals surface area contributed by atoms with Gasteiger partial charge < -0.3 is 15.4 Å². The summed E-state index contributed by atoms with van der Waals surface area (Å²) in [6.07, 6.45) is 0.930. The van der Waals surface area contributed by atoms with Crippen molar-refractivity contribution in [1.29, 1.82) is 0 Å². The van der Waals surface area contributed by atoms with Gasteiger partial charge in [0.15, 0.2) is 0 Å². The number of pyridine rings is 1. The maximum Gasteiger partial charge on any atom is 0.128 e. The Bertz CT molecular complexity index is 306. The van der Waals surface area contributed by atoms with Gasteiger partial charge in [-0.1, -0.05) is 6.92 Å². The van der Waals surface area contributed by atoms with Crippen LogP contribution >= 0.6 is 0 Å². The molecule has 16 heavy (non-hydrogen) atoms. The predicted octanol–water partition coefficient (Wildman–Crippen LogP) is 1.19. The van der Waals surface area contributed by atoms with Crippen LogP contribution in [0.2, 0.25) is 0 Å². The Balaban J connectivity index is 2.85. The number of hydrogen-bond acceptors (Lipinski definition) is 4. The van der Waals surface area contributed by atoms with Crippen molar-refractivity contribution in [3.05, 3.63) is 23.4 Å². The van der Waals surface area contributed by atoms with E-state index in [1.165, 1.54) is 0 Å². The summed E-state index contributed by atoms with van der Waals surface area (Å²) in [5.74, 6) is 0.969. The monoisotopic (exact) mass is 223 g/mol. The molecule has 0 bridgehead atoms. The SMILES string of the molecule is CCc1cc(CN)cc(N(C)CCOC)n1. The van der Waals surface area contributed by atoms with Crippen LogP contribution in [0.1, 0.15) is 18.2 Å². The van der Waals surface area contributed by atoms with Crippen molar-refractivity contribution in [3.8, 4) is 0 Å². The van der Waals surface area contributed by atoms with Gasteiger partial charge in [-0.2, -0.15) is 0 Å². The molecule has 0 aromatic carbocycles. The maximum absolute atomic E-state index is 5.67. The molecule has 2 N–H and O–H groups in total. The third-order valence-corrected chi connectivity index (χ3v) is 2.54. The molecule has 4 nitrogen and oxygen atoms in total. The van der Waals surface area contributed by atoms with Gasteiger partial charge in [0.05, 0.1) is 6.61 Å². The van der Waals surface area contributed by atoms with Crippen molar-refractivity contribution in [2.24, 2.45) is 5.73 Å². The summed E-state index contributed by atoms with van der Waals surface area (Å²) < 4.78 is 5.05. The highest BCUT2D eigenvalue weighted by molar-refractivity contribution is 5.42. The Morgan fingerprint density at radius 3 is 2.75 bits per heavy atom. The highest BCUT2D eigenvalue weighted by atomic mass is 16.5. The summed E-state index contributed by atoms with van der Waals surface area (Å²) in [5, 5.41) is 0. The lowest BCUT2D eigenvalue weighted by Crippen LogP contribution is -2.23. The lowest BCUT2D eigenvalue weighted by atomic mass is 10.2. The summed E-state index contributed by atoms with van der Waals surface area (Å²) in [5.41, 5.74) is 7.89. The standard InChI is InChI=1S/C12H21N3O/c1-4-11-7-10(9-13)8-12(14-11)15(2)5-6-16-3/h7-8H,4-6,9,13H2,1-3H3. The van der Waals surface area contributed by atoms with Crippen LogP contribution in [0.5, 0.6) is 0 Å². The van der Waals surface area contributed by atoms with Crippen LogP contribution in [0.15, 0.2) is 12.1 Å². The second-order valence-electron chi connectivity index (χ2n) is 3.80. The first-order valence-corrected chi connectivity index (χ1v) is 5.61. The van der Waals surface area contributed by atoms with Crippen molar-refractivity contribution < 1.29 is 4.74 Å². The molecule has 0 aliphatic heterocycles. The molecule has 0 aliphatic rings. The molecule has 0 atom stereocenters. The second-order valence-corrected chi connectivity index (χ2v) is 3.80. The van der Waals surface area contributed by atoms with Crippen LogP contribution in [0.4, 0.5) is 5.82 Å². The van der Waals surface area contributed by atoms with E-state index >= 15 is 0 Å². The zero-order chi connectivity index (χ0) is 12.0. The van der Waals surface area contributed by atoms with Gasteiger partial charge in [0, 0.05) is 32.9 Å². The fourth-order valence-corrected chi connectivity index (χ4v) is 1.47. The zero-order valence-electron chi connectivity index (χ0n) is 10.4. The van der Waals surface area contributed by atoms with E-state index in [9.17, 15) is 0 Å². The van der Waals surface area contributed by atoms with E-state index in [0.29, 0.717) is 13.2 Å². The Hall–Kier alpha value is -1.13. The van der Waals surface area contributed by atoms with Gasteiger partial charge in [-0.05, 0) is 24.1 Å².